The average Bonchev–Trinajstić information content (AvgIpc) is 2.43. The first-order valence-corrected chi connectivity index (χ1v) is 6.44. The molecule has 0 unspecified atom stereocenters. The molecule has 0 saturated carbocycles. The Bertz CT molecular complexity index is 511. The Morgan fingerprint density at radius 3 is 2.37 bits per heavy atom. The van der Waals surface area contributed by atoms with Gasteiger partial charge in [0.15, 0.2) is 11.6 Å². The summed E-state index contributed by atoms with van der Waals surface area (Å²) in [7, 11) is 0. The minimum atomic E-state index is -0.798. The lowest BCUT2D eigenvalue weighted by atomic mass is 10.1. The molecule has 1 nitrogen and oxygen atoms in total. The van der Waals surface area contributed by atoms with E-state index in [9.17, 15) is 8.78 Å². The maximum Gasteiger partial charge on any atom is 0.159 e. The van der Waals surface area contributed by atoms with Crippen LogP contribution in [0.3, 0.4) is 0 Å². The van der Waals surface area contributed by atoms with Crippen LogP contribution in [0.2, 0.25) is 0 Å². The van der Waals surface area contributed by atoms with E-state index in [1.54, 1.807) is 6.07 Å². The highest BCUT2D eigenvalue weighted by molar-refractivity contribution is 5.17. The molecule has 0 heterocycles. The summed E-state index contributed by atoms with van der Waals surface area (Å²) in [6.07, 6.45) is 2.04. The molecule has 19 heavy (non-hydrogen) atoms. The van der Waals surface area contributed by atoms with E-state index in [1.165, 1.54) is 11.6 Å². The van der Waals surface area contributed by atoms with Gasteiger partial charge in [-0.25, -0.2) is 8.78 Å². The summed E-state index contributed by atoms with van der Waals surface area (Å²) < 4.78 is 25.7. The van der Waals surface area contributed by atoms with Gasteiger partial charge in [-0.3, -0.25) is 0 Å². The highest BCUT2D eigenvalue weighted by Crippen LogP contribution is 2.08. The van der Waals surface area contributed by atoms with Crippen molar-refractivity contribution in [1.29, 1.82) is 0 Å². The lowest BCUT2D eigenvalue weighted by Crippen LogP contribution is -2.15. The van der Waals surface area contributed by atoms with Gasteiger partial charge in [-0.15, -0.1) is 0 Å². The molecule has 0 saturated heterocycles. The van der Waals surface area contributed by atoms with Gasteiger partial charge >= 0.3 is 0 Å². The van der Waals surface area contributed by atoms with Crippen LogP contribution in [0.25, 0.3) is 0 Å². The average molecular weight is 261 g/mol. The number of hydrogen-bond acceptors (Lipinski definition) is 1. The number of rotatable bonds is 6. The molecule has 2 aromatic rings. The largest absolute Gasteiger partial charge is 0.313 e. The SMILES string of the molecule is Fc1ccc(CNCCCc2ccccc2)cc1F. The molecular weight excluding hydrogens is 244 g/mol. The van der Waals surface area contributed by atoms with Gasteiger partial charge in [-0.1, -0.05) is 36.4 Å². The molecule has 0 aromatic heterocycles. The Morgan fingerprint density at radius 1 is 0.842 bits per heavy atom. The van der Waals surface area contributed by atoms with Crippen LogP contribution in [0, 0.1) is 11.6 Å². The monoisotopic (exact) mass is 261 g/mol. The number of benzene rings is 2. The number of aryl methyl sites for hydroxylation is 1. The second-order valence-corrected chi connectivity index (χ2v) is 4.51. The fraction of sp³-hybridized carbons (Fsp3) is 0.250. The zero-order valence-corrected chi connectivity index (χ0v) is 10.7. The third kappa shape index (κ3) is 4.45. The number of nitrogens with one attached hydrogen (secondary N) is 1. The Kier molecular flexibility index (Phi) is 5.04. The van der Waals surface area contributed by atoms with Gasteiger partial charge in [-0.2, -0.15) is 0 Å². The van der Waals surface area contributed by atoms with Crippen molar-refractivity contribution in [3.63, 3.8) is 0 Å². The van der Waals surface area contributed by atoms with Gasteiger partial charge in [0.1, 0.15) is 0 Å². The Labute approximate surface area is 112 Å². The molecule has 0 fully saturated rings. The van der Waals surface area contributed by atoms with Gasteiger partial charge in [-0.05, 0) is 42.6 Å². The van der Waals surface area contributed by atoms with Crippen molar-refractivity contribution in [3.05, 3.63) is 71.3 Å². The summed E-state index contributed by atoms with van der Waals surface area (Å²) in [6, 6.07) is 14.3. The zero-order valence-electron chi connectivity index (χ0n) is 10.7. The highest BCUT2D eigenvalue weighted by atomic mass is 19.2. The maximum atomic E-state index is 13.0. The van der Waals surface area contributed by atoms with E-state index in [2.05, 4.69) is 17.4 Å². The topological polar surface area (TPSA) is 12.0 Å². The van der Waals surface area contributed by atoms with E-state index in [-0.39, 0.29) is 0 Å². The molecule has 2 aromatic carbocycles. The maximum absolute atomic E-state index is 13.0. The summed E-state index contributed by atoms with van der Waals surface area (Å²) in [4.78, 5) is 0. The molecule has 0 atom stereocenters. The fourth-order valence-corrected chi connectivity index (χ4v) is 1.94. The fourth-order valence-electron chi connectivity index (χ4n) is 1.94. The second kappa shape index (κ2) is 7.00. The first-order valence-electron chi connectivity index (χ1n) is 6.44. The van der Waals surface area contributed by atoms with Gasteiger partial charge in [0, 0.05) is 6.54 Å². The predicted octanol–water partition coefficient (Wildman–Crippen LogP) is 3.69. The van der Waals surface area contributed by atoms with Gasteiger partial charge in [0.2, 0.25) is 0 Å². The van der Waals surface area contributed by atoms with Crippen molar-refractivity contribution in [3.8, 4) is 0 Å². The predicted molar refractivity (Wildman–Crippen MR) is 72.8 cm³/mol. The van der Waals surface area contributed by atoms with Crippen molar-refractivity contribution < 1.29 is 8.78 Å². The van der Waals surface area contributed by atoms with Crippen LogP contribution in [0.1, 0.15) is 17.5 Å². The Morgan fingerprint density at radius 2 is 1.63 bits per heavy atom. The van der Waals surface area contributed by atoms with Crippen LogP contribution in [0.5, 0.6) is 0 Å². The Balaban J connectivity index is 1.68. The third-order valence-electron chi connectivity index (χ3n) is 2.97. The quantitative estimate of drug-likeness (QED) is 0.782. The first-order chi connectivity index (χ1) is 9.25. The lowest BCUT2D eigenvalue weighted by molar-refractivity contribution is 0.506. The van der Waals surface area contributed by atoms with Crippen LogP contribution < -0.4 is 5.32 Å². The molecule has 0 spiro atoms. The van der Waals surface area contributed by atoms with Crippen molar-refractivity contribution in [2.75, 3.05) is 6.54 Å². The smallest absolute Gasteiger partial charge is 0.159 e. The van der Waals surface area contributed by atoms with E-state index < -0.39 is 11.6 Å². The second-order valence-electron chi connectivity index (χ2n) is 4.51. The normalized spacial score (nSPS) is 10.6. The van der Waals surface area contributed by atoms with Gasteiger partial charge in [0.25, 0.3) is 0 Å². The van der Waals surface area contributed by atoms with E-state index in [4.69, 9.17) is 0 Å². The van der Waals surface area contributed by atoms with Crippen LogP contribution in [0.4, 0.5) is 8.78 Å². The minimum absolute atomic E-state index is 0.561. The summed E-state index contributed by atoms with van der Waals surface area (Å²) in [5.74, 6) is -1.59. The van der Waals surface area contributed by atoms with Crippen molar-refractivity contribution in [1.82, 2.24) is 5.32 Å². The van der Waals surface area contributed by atoms with E-state index in [0.29, 0.717) is 6.54 Å². The van der Waals surface area contributed by atoms with Crippen LogP contribution in [-0.4, -0.2) is 6.54 Å². The van der Waals surface area contributed by atoms with Crippen LogP contribution in [0.15, 0.2) is 48.5 Å². The minimum Gasteiger partial charge on any atom is -0.313 e. The Hall–Kier alpha value is -1.74. The van der Waals surface area contributed by atoms with E-state index in [0.717, 1.165) is 31.0 Å². The molecule has 1 N–H and O–H groups in total. The third-order valence-corrected chi connectivity index (χ3v) is 2.97. The summed E-state index contributed by atoms with van der Waals surface area (Å²) >= 11 is 0. The first kappa shape index (κ1) is 13.7. The molecule has 0 radical (unpaired) electrons. The van der Waals surface area contributed by atoms with E-state index >= 15 is 0 Å². The molecule has 0 bridgehead atoms. The van der Waals surface area contributed by atoms with Gasteiger partial charge in [0.05, 0.1) is 0 Å². The van der Waals surface area contributed by atoms with Crippen LogP contribution >= 0.6 is 0 Å². The van der Waals surface area contributed by atoms with Crippen molar-refractivity contribution in [2.45, 2.75) is 19.4 Å². The summed E-state index contributed by atoms with van der Waals surface area (Å²) in [5, 5.41) is 3.23. The van der Waals surface area contributed by atoms with Crippen molar-refractivity contribution in [2.24, 2.45) is 0 Å². The van der Waals surface area contributed by atoms with Crippen LogP contribution in [-0.2, 0) is 13.0 Å². The van der Waals surface area contributed by atoms with E-state index in [1.807, 2.05) is 18.2 Å². The van der Waals surface area contributed by atoms with Gasteiger partial charge < -0.3 is 5.32 Å². The molecule has 0 aliphatic carbocycles. The number of hydrogen-bond donors (Lipinski definition) is 1. The number of halogens is 2. The summed E-state index contributed by atoms with van der Waals surface area (Å²) in [5.41, 5.74) is 2.08. The molecule has 0 aliphatic rings. The molecule has 100 valence electrons. The molecule has 0 amide bonds. The standard InChI is InChI=1S/C16H17F2N/c17-15-9-8-14(11-16(15)18)12-19-10-4-7-13-5-2-1-3-6-13/h1-3,5-6,8-9,11,19H,4,7,10,12H2. The molecular formula is C16H17F2N. The lowest BCUT2D eigenvalue weighted by Gasteiger charge is -2.05. The molecule has 0 aliphatic heterocycles. The molecule has 2 rings (SSSR count). The van der Waals surface area contributed by atoms with Crippen molar-refractivity contribution >= 4 is 0 Å². The highest BCUT2D eigenvalue weighted by Gasteiger charge is 2.01. The zero-order chi connectivity index (χ0) is 13.5. The molecule has 3 heteroatoms. The summed E-state index contributed by atoms with van der Waals surface area (Å²) in [6.45, 7) is 1.42.